The summed E-state index contributed by atoms with van der Waals surface area (Å²) in [7, 11) is 0. The minimum atomic E-state index is -0.238. The van der Waals surface area contributed by atoms with Gasteiger partial charge in [-0.2, -0.15) is 0 Å². The van der Waals surface area contributed by atoms with Crippen LogP contribution in [0.5, 0.6) is 5.75 Å². The fourth-order valence-corrected chi connectivity index (χ4v) is 2.25. The maximum absolute atomic E-state index is 12.5. The van der Waals surface area contributed by atoms with Crippen molar-refractivity contribution in [3.63, 3.8) is 0 Å². The van der Waals surface area contributed by atoms with E-state index in [1.165, 1.54) is 0 Å². The van der Waals surface area contributed by atoms with Crippen LogP contribution in [0.15, 0.2) is 42.5 Å². The van der Waals surface area contributed by atoms with Crippen LogP contribution < -0.4 is 15.8 Å². The Morgan fingerprint density at radius 2 is 2.00 bits per heavy atom. The molecular formula is C16H14N2O3. The van der Waals surface area contributed by atoms with Gasteiger partial charge < -0.3 is 15.8 Å². The second kappa shape index (κ2) is 5.28. The van der Waals surface area contributed by atoms with Gasteiger partial charge in [-0.25, -0.2) is 0 Å². The zero-order chi connectivity index (χ0) is 14.8. The van der Waals surface area contributed by atoms with E-state index in [1.54, 1.807) is 42.5 Å². The number of hydrogen-bond acceptors (Lipinski definition) is 4. The smallest absolute Gasteiger partial charge is 0.255 e. The average molecular weight is 282 g/mol. The molecule has 3 N–H and O–H groups in total. The van der Waals surface area contributed by atoms with Gasteiger partial charge in [-0.1, -0.05) is 12.1 Å². The van der Waals surface area contributed by atoms with Crippen molar-refractivity contribution in [3.8, 4) is 5.75 Å². The molecule has 0 aliphatic carbocycles. The van der Waals surface area contributed by atoms with Crippen molar-refractivity contribution in [1.29, 1.82) is 0 Å². The van der Waals surface area contributed by atoms with Crippen LogP contribution in [0.4, 0.5) is 5.69 Å². The van der Waals surface area contributed by atoms with E-state index in [9.17, 15) is 9.59 Å². The van der Waals surface area contributed by atoms with Gasteiger partial charge in [-0.15, -0.1) is 0 Å². The highest BCUT2D eigenvalue weighted by molar-refractivity contribution is 6.13. The molecule has 5 nitrogen and oxygen atoms in total. The molecule has 0 spiro atoms. The molecular weight excluding hydrogens is 268 g/mol. The third kappa shape index (κ3) is 2.45. The number of anilines is 1. The fraction of sp³-hybridized carbons (Fsp3) is 0.125. The zero-order valence-corrected chi connectivity index (χ0v) is 11.3. The number of hydrogen-bond donors (Lipinski definition) is 2. The average Bonchev–Trinajstić information content (AvgIpc) is 2.69. The number of rotatable bonds is 2. The third-order valence-corrected chi connectivity index (χ3v) is 3.34. The van der Waals surface area contributed by atoms with Crippen LogP contribution in [0.1, 0.15) is 26.3 Å². The summed E-state index contributed by atoms with van der Waals surface area (Å²) < 4.78 is 5.46. The number of nitrogens with two attached hydrogens (primary N) is 1. The molecule has 0 saturated carbocycles. The first kappa shape index (κ1) is 13.2. The van der Waals surface area contributed by atoms with Gasteiger partial charge in [0.05, 0.1) is 12.1 Å². The number of nitrogen functional groups attached to an aromatic ring is 1. The molecule has 5 heteroatoms. The van der Waals surface area contributed by atoms with Crippen molar-refractivity contribution >= 4 is 17.4 Å². The van der Waals surface area contributed by atoms with Crippen molar-refractivity contribution in [3.05, 3.63) is 59.2 Å². The van der Waals surface area contributed by atoms with E-state index in [2.05, 4.69) is 5.32 Å². The maximum Gasteiger partial charge on any atom is 0.255 e. The minimum Gasteiger partial charge on any atom is -0.491 e. The predicted molar refractivity (Wildman–Crippen MR) is 78.6 cm³/mol. The van der Waals surface area contributed by atoms with Crippen LogP contribution in [0.2, 0.25) is 0 Å². The second-order valence-corrected chi connectivity index (χ2v) is 4.73. The van der Waals surface area contributed by atoms with Gasteiger partial charge in [0.25, 0.3) is 5.91 Å². The van der Waals surface area contributed by atoms with Crippen LogP contribution in [0, 0.1) is 0 Å². The summed E-state index contributed by atoms with van der Waals surface area (Å²) in [6.45, 7) is 0.861. The van der Waals surface area contributed by atoms with Crippen LogP contribution in [0.25, 0.3) is 0 Å². The maximum atomic E-state index is 12.5. The predicted octanol–water partition coefficient (Wildman–Crippen LogP) is 1.62. The Balaban J connectivity index is 2.02. The monoisotopic (exact) mass is 282 g/mol. The lowest BCUT2D eigenvalue weighted by Crippen LogP contribution is -2.24. The standard InChI is InChI=1S/C16H14N2O3/c17-13-4-2-1-3-11(13)15(19)10-5-6-14-12(9-10)16(20)18-7-8-21-14/h1-6,9H,7-8,17H2,(H,18,20). The molecule has 3 rings (SSSR count). The summed E-state index contributed by atoms with van der Waals surface area (Å²) in [6.07, 6.45) is 0. The van der Waals surface area contributed by atoms with E-state index in [-0.39, 0.29) is 11.7 Å². The van der Waals surface area contributed by atoms with Gasteiger partial charge in [0, 0.05) is 16.8 Å². The largest absolute Gasteiger partial charge is 0.491 e. The van der Waals surface area contributed by atoms with Crippen LogP contribution in [-0.2, 0) is 0 Å². The molecule has 0 fully saturated rings. The Hall–Kier alpha value is -2.82. The Morgan fingerprint density at radius 1 is 1.19 bits per heavy atom. The van der Waals surface area contributed by atoms with Gasteiger partial charge in [0.15, 0.2) is 5.78 Å². The number of amides is 1. The van der Waals surface area contributed by atoms with E-state index < -0.39 is 0 Å². The summed E-state index contributed by atoms with van der Waals surface area (Å²) in [5, 5.41) is 2.72. The molecule has 106 valence electrons. The molecule has 1 aliphatic heterocycles. The Labute approximate surface area is 121 Å². The topological polar surface area (TPSA) is 81.4 Å². The Bertz CT molecular complexity index is 725. The quantitative estimate of drug-likeness (QED) is 0.648. The van der Waals surface area contributed by atoms with Crippen LogP contribution in [-0.4, -0.2) is 24.8 Å². The second-order valence-electron chi connectivity index (χ2n) is 4.73. The number of benzene rings is 2. The fourth-order valence-electron chi connectivity index (χ4n) is 2.25. The number of nitrogens with one attached hydrogen (secondary N) is 1. The van der Waals surface area contributed by atoms with Crippen molar-refractivity contribution < 1.29 is 14.3 Å². The van der Waals surface area contributed by atoms with Crippen molar-refractivity contribution in [2.24, 2.45) is 0 Å². The van der Waals surface area contributed by atoms with E-state index in [0.29, 0.717) is 41.3 Å². The summed E-state index contributed by atoms with van der Waals surface area (Å²) in [5.41, 5.74) is 7.44. The molecule has 1 heterocycles. The van der Waals surface area contributed by atoms with E-state index >= 15 is 0 Å². The molecule has 0 bridgehead atoms. The van der Waals surface area contributed by atoms with Gasteiger partial charge in [0.1, 0.15) is 12.4 Å². The van der Waals surface area contributed by atoms with Crippen molar-refractivity contribution in [2.75, 3.05) is 18.9 Å². The van der Waals surface area contributed by atoms with E-state index in [0.717, 1.165) is 0 Å². The summed E-state index contributed by atoms with van der Waals surface area (Å²) in [5.74, 6) is 0.0358. The number of carbonyl (C=O) groups excluding carboxylic acids is 2. The minimum absolute atomic E-state index is 0.215. The lowest BCUT2D eigenvalue weighted by molar-refractivity contribution is 0.0957. The SMILES string of the molecule is Nc1ccccc1C(=O)c1ccc2c(c1)C(=O)NCCO2. The molecule has 0 atom stereocenters. The molecule has 2 aromatic rings. The summed E-state index contributed by atoms with van der Waals surface area (Å²) in [4.78, 5) is 24.4. The van der Waals surface area contributed by atoms with Crippen LogP contribution in [0.3, 0.4) is 0 Å². The zero-order valence-electron chi connectivity index (χ0n) is 11.3. The number of ketones is 1. The molecule has 1 amide bonds. The van der Waals surface area contributed by atoms with Crippen molar-refractivity contribution in [1.82, 2.24) is 5.32 Å². The van der Waals surface area contributed by atoms with Crippen LogP contribution >= 0.6 is 0 Å². The number of ether oxygens (including phenoxy) is 1. The van der Waals surface area contributed by atoms with Gasteiger partial charge >= 0.3 is 0 Å². The first-order valence-electron chi connectivity index (χ1n) is 6.61. The first-order valence-corrected chi connectivity index (χ1v) is 6.61. The highest BCUT2D eigenvalue weighted by atomic mass is 16.5. The molecule has 0 unspecified atom stereocenters. The van der Waals surface area contributed by atoms with E-state index in [4.69, 9.17) is 10.5 Å². The van der Waals surface area contributed by atoms with Crippen molar-refractivity contribution in [2.45, 2.75) is 0 Å². The summed E-state index contributed by atoms with van der Waals surface area (Å²) in [6, 6.07) is 11.7. The third-order valence-electron chi connectivity index (χ3n) is 3.34. The highest BCUT2D eigenvalue weighted by Gasteiger charge is 2.20. The molecule has 0 saturated heterocycles. The first-order chi connectivity index (χ1) is 10.2. The molecule has 0 aromatic heterocycles. The van der Waals surface area contributed by atoms with Gasteiger partial charge in [-0.05, 0) is 30.3 Å². The lowest BCUT2D eigenvalue weighted by atomic mass is 9.99. The normalized spacial score (nSPS) is 13.6. The number of fused-ring (bicyclic) bond motifs is 1. The molecule has 1 aliphatic rings. The highest BCUT2D eigenvalue weighted by Crippen LogP contribution is 2.24. The Morgan fingerprint density at radius 3 is 2.81 bits per heavy atom. The number of para-hydroxylation sites is 1. The van der Waals surface area contributed by atoms with E-state index in [1.807, 2.05) is 0 Å². The lowest BCUT2D eigenvalue weighted by Gasteiger charge is -2.08. The number of carbonyl (C=O) groups is 2. The van der Waals surface area contributed by atoms with Gasteiger partial charge in [0.2, 0.25) is 0 Å². The molecule has 2 aromatic carbocycles. The summed E-state index contributed by atoms with van der Waals surface area (Å²) >= 11 is 0. The van der Waals surface area contributed by atoms with Gasteiger partial charge in [-0.3, -0.25) is 9.59 Å². The Kier molecular flexibility index (Phi) is 3.31. The molecule has 21 heavy (non-hydrogen) atoms. The molecule has 0 radical (unpaired) electrons.